The summed E-state index contributed by atoms with van der Waals surface area (Å²) in [5, 5.41) is 21.5. The number of carboxylic acid groups (broad SMARTS) is 1. The molecule has 5 N–H and O–H groups in total. The molecule has 226 valence electrons. The molecule has 1 aliphatic heterocycles. The molecular weight excluding hydrogens is 627 g/mol. The van der Waals surface area contributed by atoms with E-state index < -0.39 is 36.2 Å². The SMILES string of the molecule is COc1cc2ccc(Br)cc2cc1CN1C(=O)[C@@H](NC(=O)[C@@H](N)[C@H](C)O)COc2cc(C)ccc21.O=C(O)C(F)(F)F. The minimum absolute atomic E-state index is 0.0636. The monoisotopic (exact) mass is 655 g/mol. The number of anilines is 1. The van der Waals surface area contributed by atoms with Crippen LogP contribution in [0.5, 0.6) is 11.5 Å². The highest BCUT2D eigenvalue weighted by molar-refractivity contribution is 9.10. The average Bonchev–Trinajstić information content (AvgIpc) is 3.03. The van der Waals surface area contributed by atoms with E-state index in [0.29, 0.717) is 17.2 Å². The Morgan fingerprint density at radius 2 is 1.86 bits per heavy atom. The van der Waals surface area contributed by atoms with Crippen LogP contribution in [0.2, 0.25) is 0 Å². The Labute approximate surface area is 247 Å². The number of hydrogen-bond acceptors (Lipinski definition) is 7. The molecule has 0 unspecified atom stereocenters. The van der Waals surface area contributed by atoms with Crippen molar-refractivity contribution in [2.45, 2.75) is 44.8 Å². The Balaban J connectivity index is 0.000000616. The fourth-order valence-electron chi connectivity index (χ4n) is 4.04. The zero-order valence-corrected chi connectivity index (χ0v) is 24.3. The van der Waals surface area contributed by atoms with E-state index in [1.165, 1.54) is 6.92 Å². The summed E-state index contributed by atoms with van der Waals surface area (Å²) < 4.78 is 44.3. The van der Waals surface area contributed by atoms with Crippen LogP contribution in [-0.4, -0.2) is 66.1 Å². The Bertz CT molecular complexity index is 1480. The number of aliphatic hydroxyl groups is 1. The lowest BCUT2D eigenvalue weighted by Crippen LogP contribution is -2.56. The molecule has 0 fully saturated rings. The minimum Gasteiger partial charge on any atom is -0.496 e. The topological polar surface area (TPSA) is 151 Å². The lowest BCUT2D eigenvalue weighted by molar-refractivity contribution is -0.192. The number of amides is 2. The van der Waals surface area contributed by atoms with Gasteiger partial charge in [0.05, 0.1) is 25.4 Å². The van der Waals surface area contributed by atoms with E-state index >= 15 is 0 Å². The third-order valence-corrected chi connectivity index (χ3v) is 6.78. The number of carboxylic acids is 1. The molecule has 3 aromatic carbocycles. The van der Waals surface area contributed by atoms with Crippen LogP contribution in [0, 0.1) is 6.92 Å². The number of carbonyl (C=O) groups is 3. The number of aliphatic carboxylic acids is 1. The molecule has 3 atom stereocenters. The number of halogens is 4. The van der Waals surface area contributed by atoms with Crippen molar-refractivity contribution in [1.82, 2.24) is 5.32 Å². The number of aryl methyl sites for hydroxylation is 1. The summed E-state index contributed by atoms with van der Waals surface area (Å²) >= 11 is 3.51. The summed E-state index contributed by atoms with van der Waals surface area (Å²) in [6.45, 7) is 3.49. The maximum absolute atomic E-state index is 13.7. The fraction of sp³-hybridized carbons (Fsp3) is 0.321. The first-order valence-corrected chi connectivity index (χ1v) is 13.3. The van der Waals surface area contributed by atoms with Gasteiger partial charge in [-0.05, 0) is 66.6 Å². The number of rotatable bonds is 6. The number of aliphatic hydroxyl groups excluding tert-OH is 1. The van der Waals surface area contributed by atoms with Gasteiger partial charge in [0, 0.05) is 10.0 Å². The molecule has 0 spiro atoms. The van der Waals surface area contributed by atoms with Gasteiger partial charge in [0.25, 0.3) is 5.91 Å². The first kappa shape index (κ1) is 32.6. The van der Waals surface area contributed by atoms with Crippen molar-refractivity contribution in [3.05, 3.63) is 64.1 Å². The predicted molar refractivity (Wildman–Crippen MR) is 151 cm³/mol. The number of alkyl halides is 3. The van der Waals surface area contributed by atoms with Gasteiger partial charge < -0.3 is 35.6 Å². The second-order valence-electron chi connectivity index (χ2n) is 9.49. The first-order chi connectivity index (χ1) is 19.6. The van der Waals surface area contributed by atoms with E-state index in [1.807, 2.05) is 55.5 Å². The van der Waals surface area contributed by atoms with E-state index in [0.717, 1.165) is 26.4 Å². The number of fused-ring (bicyclic) bond motifs is 2. The lowest BCUT2D eigenvalue weighted by atomic mass is 10.0. The van der Waals surface area contributed by atoms with Crippen molar-refractivity contribution >= 4 is 50.2 Å². The predicted octanol–water partition coefficient (Wildman–Crippen LogP) is 3.67. The van der Waals surface area contributed by atoms with Crippen LogP contribution in [-0.2, 0) is 20.9 Å². The zero-order chi connectivity index (χ0) is 31.4. The van der Waals surface area contributed by atoms with E-state index in [9.17, 15) is 27.9 Å². The van der Waals surface area contributed by atoms with Gasteiger partial charge in [-0.25, -0.2) is 4.79 Å². The largest absolute Gasteiger partial charge is 0.496 e. The number of nitrogens with one attached hydrogen (secondary N) is 1. The molecule has 10 nitrogen and oxygen atoms in total. The molecule has 0 radical (unpaired) electrons. The van der Waals surface area contributed by atoms with Gasteiger partial charge in [0.1, 0.15) is 30.2 Å². The molecule has 2 amide bonds. The van der Waals surface area contributed by atoms with Crippen LogP contribution in [0.25, 0.3) is 10.8 Å². The highest BCUT2D eigenvalue weighted by atomic mass is 79.9. The van der Waals surface area contributed by atoms with Gasteiger partial charge in [-0.15, -0.1) is 0 Å². The second kappa shape index (κ2) is 13.4. The zero-order valence-electron chi connectivity index (χ0n) is 22.7. The number of hydrogen-bond donors (Lipinski definition) is 4. The summed E-state index contributed by atoms with van der Waals surface area (Å²) in [4.78, 5) is 36.7. The van der Waals surface area contributed by atoms with Crippen LogP contribution in [0.3, 0.4) is 0 Å². The second-order valence-corrected chi connectivity index (χ2v) is 10.4. The van der Waals surface area contributed by atoms with Gasteiger partial charge >= 0.3 is 12.1 Å². The molecule has 0 aliphatic carbocycles. The number of benzene rings is 3. The highest BCUT2D eigenvalue weighted by Gasteiger charge is 2.38. The van der Waals surface area contributed by atoms with Crippen molar-refractivity contribution in [2.24, 2.45) is 5.73 Å². The van der Waals surface area contributed by atoms with Crippen LogP contribution < -0.4 is 25.4 Å². The maximum atomic E-state index is 13.7. The van der Waals surface area contributed by atoms with E-state index in [1.54, 1.807) is 12.0 Å². The summed E-state index contributed by atoms with van der Waals surface area (Å²) in [5.41, 5.74) is 8.14. The summed E-state index contributed by atoms with van der Waals surface area (Å²) in [6.07, 6.45) is -6.14. The van der Waals surface area contributed by atoms with Crippen molar-refractivity contribution < 1.29 is 47.2 Å². The molecule has 14 heteroatoms. The van der Waals surface area contributed by atoms with E-state index in [2.05, 4.69) is 21.2 Å². The summed E-state index contributed by atoms with van der Waals surface area (Å²) in [5.74, 6) is -2.56. The van der Waals surface area contributed by atoms with Crippen molar-refractivity contribution in [1.29, 1.82) is 0 Å². The summed E-state index contributed by atoms with van der Waals surface area (Å²) in [6, 6.07) is 13.3. The molecule has 0 bridgehead atoms. The molecule has 0 saturated carbocycles. The molecule has 3 aromatic rings. The normalized spacial score (nSPS) is 16.3. The molecular formula is C28H29BrF3N3O7. The molecule has 42 heavy (non-hydrogen) atoms. The standard InChI is InChI=1S/C26H28BrN3O5.C2HF3O2/c1-14-4-7-21-23(8-14)35-13-20(29-25(32)24(28)15(2)31)26(33)30(21)12-18-9-17-10-19(27)6-5-16(17)11-22(18)34-3;3-2(4,5)1(6)7/h4-11,15,20,24,31H,12-13,28H2,1-3H3,(H,29,32);(H,6,7)/t15-,20-,24-;/m0./s1. The van der Waals surface area contributed by atoms with Crippen molar-refractivity contribution in [2.75, 3.05) is 18.6 Å². The number of nitrogens with two attached hydrogens (primary N) is 1. The Morgan fingerprint density at radius 1 is 1.19 bits per heavy atom. The molecule has 0 aromatic heterocycles. The third kappa shape index (κ3) is 7.89. The minimum atomic E-state index is -5.08. The van der Waals surface area contributed by atoms with Crippen LogP contribution >= 0.6 is 15.9 Å². The van der Waals surface area contributed by atoms with Crippen LogP contribution in [0.4, 0.5) is 18.9 Å². The smallest absolute Gasteiger partial charge is 0.490 e. The van der Waals surface area contributed by atoms with Gasteiger partial charge in [-0.3, -0.25) is 9.59 Å². The van der Waals surface area contributed by atoms with Gasteiger partial charge in [0.2, 0.25) is 5.91 Å². The number of ether oxygens (including phenoxy) is 2. The van der Waals surface area contributed by atoms with E-state index in [-0.39, 0.29) is 19.1 Å². The molecule has 0 saturated heterocycles. The van der Waals surface area contributed by atoms with Gasteiger partial charge in [0.15, 0.2) is 0 Å². The average molecular weight is 656 g/mol. The maximum Gasteiger partial charge on any atom is 0.490 e. The quantitative estimate of drug-likeness (QED) is 0.314. The van der Waals surface area contributed by atoms with E-state index in [4.69, 9.17) is 25.1 Å². The van der Waals surface area contributed by atoms with Crippen LogP contribution in [0.15, 0.2) is 53.0 Å². The Kier molecular flexibility index (Phi) is 10.4. The number of carbonyl (C=O) groups excluding carboxylic acids is 2. The number of nitrogens with zero attached hydrogens (tertiary/aromatic N) is 1. The van der Waals surface area contributed by atoms with Gasteiger partial charge in [-0.1, -0.05) is 28.1 Å². The van der Waals surface area contributed by atoms with Crippen LogP contribution in [0.1, 0.15) is 18.1 Å². The first-order valence-electron chi connectivity index (χ1n) is 12.5. The van der Waals surface area contributed by atoms with Crippen molar-refractivity contribution in [3.8, 4) is 11.5 Å². The lowest BCUT2D eigenvalue weighted by Gasteiger charge is -2.26. The molecule has 4 rings (SSSR count). The van der Waals surface area contributed by atoms with Gasteiger partial charge in [-0.2, -0.15) is 13.2 Å². The molecule has 1 aliphatic rings. The molecule has 1 heterocycles. The Hall–Kier alpha value is -3.88. The highest BCUT2D eigenvalue weighted by Crippen LogP contribution is 2.36. The summed E-state index contributed by atoms with van der Waals surface area (Å²) in [7, 11) is 1.59. The number of methoxy groups -OCH3 is 1. The fourth-order valence-corrected chi connectivity index (χ4v) is 4.42. The Morgan fingerprint density at radius 3 is 2.45 bits per heavy atom. The van der Waals surface area contributed by atoms with Crippen molar-refractivity contribution in [3.63, 3.8) is 0 Å². The third-order valence-electron chi connectivity index (χ3n) is 6.29.